The molecular formula is C12H28O4Si. The number of hydrogen-bond donors (Lipinski definition) is 0. The highest BCUT2D eigenvalue weighted by molar-refractivity contribution is 6.53. The molecule has 0 aliphatic carbocycles. The van der Waals surface area contributed by atoms with Gasteiger partial charge in [0.2, 0.25) is 0 Å². The van der Waals surface area contributed by atoms with Crippen molar-refractivity contribution in [1.82, 2.24) is 0 Å². The van der Waals surface area contributed by atoms with E-state index in [1.165, 1.54) is 38.5 Å². The maximum absolute atomic E-state index is 5.58. The Hall–Kier alpha value is 0.0569. The van der Waals surface area contributed by atoms with Crippen LogP contribution >= 0.6 is 0 Å². The van der Waals surface area contributed by atoms with Gasteiger partial charge in [-0.3, -0.25) is 0 Å². The van der Waals surface area contributed by atoms with Crippen LogP contribution in [-0.2, 0) is 17.7 Å². The minimum atomic E-state index is -2.80. The van der Waals surface area contributed by atoms with Crippen molar-refractivity contribution in [3.8, 4) is 0 Å². The summed E-state index contributed by atoms with van der Waals surface area (Å²) in [6.07, 6.45) is 8.85. The molecule has 0 saturated heterocycles. The lowest BCUT2D eigenvalue weighted by Crippen LogP contribution is -2.46. The van der Waals surface area contributed by atoms with Gasteiger partial charge in [-0.05, 0) is 6.42 Å². The molecule has 0 rings (SSSR count). The van der Waals surface area contributed by atoms with Gasteiger partial charge in [0.1, 0.15) is 0 Å². The summed E-state index contributed by atoms with van der Waals surface area (Å²) < 4.78 is 21.1. The molecule has 0 fully saturated rings. The molecular weight excluding hydrogens is 236 g/mol. The van der Waals surface area contributed by atoms with E-state index in [0.29, 0.717) is 6.61 Å². The van der Waals surface area contributed by atoms with E-state index in [1.807, 2.05) is 0 Å². The lowest BCUT2D eigenvalue weighted by Gasteiger charge is -2.22. The molecule has 0 atom stereocenters. The van der Waals surface area contributed by atoms with E-state index in [2.05, 4.69) is 6.92 Å². The molecule has 4 nitrogen and oxygen atoms in total. The summed E-state index contributed by atoms with van der Waals surface area (Å²) >= 11 is 0. The van der Waals surface area contributed by atoms with Gasteiger partial charge in [0.25, 0.3) is 0 Å². The smallest absolute Gasteiger partial charge is 0.355 e. The molecule has 0 amide bonds. The van der Waals surface area contributed by atoms with Crippen LogP contribution in [0.2, 0.25) is 0 Å². The third-order valence-corrected chi connectivity index (χ3v) is 4.83. The zero-order valence-electron chi connectivity index (χ0n) is 11.8. The molecule has 0 aromatic rings. The first-order valence-electron chi connectivity index (χ1n) is 6.54. The van der Waals surface area contributed by atoms with E-state index < -0.39 is 9.05 Å². The molecule has 5 heteroatoms. The second-order valence-electron chi connectivity index (χ2n) is 4.08. The molecule has 0 aliphatic heterocycles. The number of hydrogen-bond acceptors (Lipinski definition) is 4. The summed E-state index contributed by atoms with van der Waals surface area (Å²) in [5.41, 5.74) is 0. The fraction of sp³-hybridized carbons (Fsp3) is 1.00. The first-order valence-corrected chi connectivity index (χ1v) is 8.17. The van der Waals surface area contributed by atoms with E-state index in [9.17, 15) is 0 Å². The first kappa shape index (κ1) is 17.1. The quantitative estimate of drug-likeness (QED) is 0.401. The van der Waals surface area contributed by atoms with Gasteiger partial charge < -0.3 is 17.7 Å². The number of unbranched alkanes of at least 4 members (excludes halogenated alkanes) is 6. The first-order chi connectivity index (χ1) is 8.24. The molecule has 0 aromatic heterocycles. The Bertz CT molecular complexity index is 154. The second kappa shape index (κ2) is 11.2. The predicted octanol–water partition coefficient (Wildman–Crippen LogP) is 3.13. The molecule has 104 valence electrons. The molecule has 0 spiro atoms. The van der Waals surface area contributed by atoms with Gasteiger partial charge in [-0.1, -0.05) is 45.4 Å². The zero-order valence-corrected chi connectivity index (χ0v) is 12.8. The van der Waals surface area contributed by atoms with Crippen molar-refractivity contribution in [3.05, 3.63) is 0 Å². The van der Waals surface area contributed by atoms with Gasteiger partial charge in [0.05, 0.1) is 0 Å². The maximum Gasteiger partial charge on any atom is 0.678 e. The molecule has 0 aliphatic rings. The van der Waals surface area contributed by atoms with Crippen LogP contribution in [0.3, 0.4) is 0 Å². The summed E-state index contributed by atoms with van der Waals surface area (Å²) in [4.78, 5) is 0. The van der Waals surface area contributed by atoms with Crippen LogP contribution in [0.5, 0.6) is 0 Å². The summed E-state index contributed by atoms with van der Waals surface area (Å²) in [6, 6.07) is 0. The molecule has 0 unspecified atom stereocenters. The highest BCUT2D eigenvalue weighted by Crippen LogP contribution is 2.11. The van der Waals surface area contributed by atoms with Crippen molar-refractivity contribution in [3.63, 3.8) is 0 Å². The molecule has 0 bridgehead atoms. The summed E-state index contributed by atoms with van der Waals surface area (Å²) in [6.45, 7) is 2.88. The van der Waals surface area contributed by atoms with E-state index >= 15 is 0 Å². The van der Waals surface area contributed by atoms with Gasteiger partial charge in [-0.15, -0.1) is 0 Å². The standard InChI is InChI=1S/C12H28O4Si/c1-5-6-7-8-9-10-11-12-16-17(13-2,14-3)15-4/h5-12H2,1-4H3. The van der Waals surface area contributed by atoms with Gasteiger partial charge in [-0.25, -0.2) is 0 Å². The predicted molar refractivity (Wildman–Crippen MR) is 70.7 cm³/mol. The molecule has 0 saturated carbocycles. The van der Waals surface area contributed by atoms with Crippen LogP contribution in [-0.4, -0.2) is 37.0 Å². The van der Waals surface area contributed by atoms with Crippen LogP contribution in [0.25, 0.3) is 0 Å². The fourth-order valence-corrected chi connectivity index (χ4v) is 2.93. The van der Waals surface area contributed by atoms with E-state index in [0.717, 1.165) is 6.42 Å². The Morgan fingerprint density at radius 1 is 0.706 bits per heavy atom. The lowest BCUT2D eigenvalue weighted by atomic mass is 10.1. The van der Waals surface area contributed by atoms with Gasteiger partial charge >= 0.3 is 9.05 Å². The van der Waals surface area contributed by atoms with Crippen molar-refractivity contribution < 1.29 is 17.7 Å². The highest BCUT2D eigenvalue weighted by atomic mass is 28.4. The van der Waals surface area contributed by atoms with Gasteiger partial charge in [0, 0.05) is 27.9 Å². The van der Waals surface area contributed by atoms with Crippen molar-refractivity contribution >= 4 is 9.05 Å². The topological polar surface area (TPSA) is 36.9 Å². The van der Waals surface area contributed by atoms with E-state index in [-0.39, 0.29) is 0 Å². The van der Waals surface area contributed by atoms with Crippen LogP contribution in [0, 0.1) is 0 Å². The van der Waals surface area contributed by atoms with Crippen molar-refractivity contribution in [2.24, 2.45) is 0 Å². The summed E-state index contributed by atoms with van der Waals surface area (Å²) in [7, 11) is 1.88. The minimum Gasteiger partial charge on any atom is -0.355 e. The van der Waals surface area contributed by atoms with Crippen molar-refractivity contribution in [1.29, 1.82) is 0 Å². The lowest BCUT2D eigenvalue weighted by molar-refractivity contribution is 0.00504. The largest absolute Gasteiger partial charge is 0.678 e. The zero-order chi connectivity index (χ0) is 13.0. The van der Waals surface area contributed by atoms with E-state index in [1.54, 1.807) is 21.3 Å². The van der Waals surface area contributed by atoms with Crippen LogP contribution in [0.15, 0.2) is 0 Å². The van der Waals surface area contributed by atoms with Crippen molar-refractivity contribution in [2.75, 3.05) is 27.9 Å². The van der Waals surface area contributed by atoms with Crippen LogP contribution in [0.4, 0.5) is 0 Å². The Labute approximate surface area is 107 Å². The third kappa shape index (κ3) is 7.89. The monoisotopic (exact) mass is 264 g/mol. The van der Waals surface area contributed by atoms with Gasteiger partial charge in [0.15, 0.2) is 0 Å². The summed E-state index contributed by atoms with van der Waals surface area (Å²) in [5, 5.41) is 0. The van der Waals surface area contributed by atoms with Crippen molar-refractivity contribution in [2.45, 2.75) is 51.9 Å². The molecule has 0 radical (unpaired) electrons. The van der Waals surface area contributed by atoms with Crippen LogP contribution in [0.1, 0.15) is 51.9 Å². The number of rotatable bonds is 12. The Kier molecular flexibility index (Phi) is 11.2. The summed E-state index contributed by atoms with van der Waals surface area (Å²) in [5.74, 6) is 0. The average molecular weight is 264 g/mol. The average Bonchev–Trinajstić information content (AvgIpc) is 2.38. The molecule has 0 N–H and O–H groups in total. The van der Waals surface area contributed by atoms with Gasteiger partial charge in [-0.2, -0.15) is 0 Å². The highest BCUT2D eigenvalue weighted by Gasteiger charge is 2.41. The van der Waals surface area contributed by atoms with Crippen LogP contribution < -0.4 is 0 Å². The SMILES string of the molecule is CCCCCCCCCO[Si](OC)(OC)OC. The Balaban J connectivity index is 3.43. The second-order valence-corrected chi connectivity index (χ2v) is 6.60. The Morgan fingerprint density at radius 2 is 1.18 bits per heavy atom. The molecule has 17 heavy (non-hydrogen) atoms. The molecule has 0 aromatic carbocycles. The normalized spacial score (nSPS) is 12.0. The Morgan fingerprint density at radius 3 is 1.65 bits per heavy atom. The van der Waals surface area contributed by atoms with E-state index in [4.69, 9.17) is 17.7 Å². The fourth-order valence-electron chi connectivity index (χ4n) is 1.68. The third-order valence-electron chi connectivity index (χ3n) is 2.78. The molecule has 0 heterocycles. The minimum absolute atomic E-state index is 0.648. The maximum atomic E-state index is 5.58.